The van der Waals surface area contributed by atoms with E-state index in [1.807, 2.05) is 5.38 Å². The van der Waals surface area contributed by atoms with Crippen LogP contribution >= 0.6 is 11.3 Å². The summed E-state index contributed by atoms with van der Waals surface area (Å²) in [6.45, 7) is 0.657. The maximum Gasteiger partial charge on any atom is 0.262 e. The van der Waals surface area contributed by atoms with E-state index >= 15 is 0 Å². The zero-order valence-corrected chi connectivity index (χ0v) is 11.9. The summed E-state index contributed by atoms with van der Waals surface area (Å²) in [5.41, 5.74) is -0.111. The molecule has 0 radical (unpaired) electrons. The molecule has 0 aliphatic heterocycles. The smallest absolute Gasteiger partial charge is 0.262 e. The molecule has 1 amide bonds. The number of furan rings is 1. The zero-order valence-electron chi connectivity index (χ0n) is 11.1. The van der Waals surface area contributed by atoms with Crippen LogP contribution in [0.15, 0.2) is 45.4 Å². The van der Waals surface area contributed by atoms with Gasteiger partial charge in [-0.2, -0.15) is 0 Å². The van der Waals surface area contributed by atoms with Crippen LogP contribution in [0.3, 0.4) is 0 Å². The van der Waals surface area contributed by atoms with Gasteiger partial charge in [0.15, 0.2) is 0 Å². The predicted octanol–water partition coefficient (Wildman–Crippen LogP) is 1.76. The van der Waals surface area contributed by atoms with Crippen molar-refractivity contribution in [3.8, 4) is 0 Å². The lowest BCUT2D eigenvalue weighted by molar-refractivity contribution is -0.121. The normalized spacial score (nSPS) is 10.9. The molecule has 3 heterocycles. The summed E-state index contributed by atoms with van der Waals surface area (Å²) in [5.74, 6) is 0.561. The molecule has 3 rings (SSSR count). The number of hydrogen-bond acceptors (Lipinski definition) is 5. The summed E-state index contributed by atoms with van der Waals surface area (Å²) in [7, 11) is 0. The van der Waals surface area contributed by atoms with E-state index in [2.05, 4.69) is 10.3 Å². The highest BCUT2D eigenvalue weighted by atomic mass is 32.1. The fourth-order valence-corrected chi connectivity index (χ4v) is 2.69. The molecule has 1 N–H and O–H groups in total. The van der Waals surface area contributed by atoms with Crippen molar-refractivity contribution in [3.05, 3.63) is 52.3 Å². The summed E-state index contributed by atoms with van der Waals surface area (Å²) < 4.78 is 6.59. The van der Waals surface area contributed by atoms with Crippen molar-refractivity contribution in [1.82, 2.24) is 14.9 Å². The molecule has 0 saturated carbocycles. The summed E-state index contributed by atoms with van der Waals surface area (Å²) in [6.07, 6.45) is 3.27. The molecule has 0 aromatic carbocycles. The maximum absolute atomic E-state index is 12.1. The van der Waals surface area contributed by atoms with Crippen molar-refractivity contribution in [2.45, 2.75) is 19.5 Å². The van der Waals surface area contributed by atoms with Crippen LogP contribution in [0.4, 0.5) is 0 Å². The largest absolute Gasteiger partial charge is 0.467 e. The summed E-state index contributed by atoms with van der Waals surface area (Å²) >= 11 is 1.43. The molecule has 0 unspecified atom stereocenters. The van der Waals surface area contributed by atoms with Crippen LogP contribution in [0.25, 0.3) is 10.2 Å². The lowest BCUT2D eigenvalue weighted by Crippen LogP contribution is -2.27. The Labute approximate surface area is 124 Å². The number of nitrogens with one attached hydrogen (secondary N) is 1. The average molecular weight is 303 g/mol. The Bertz CT molecular complexity index is 804. The van der Waals surface area contributed by atoms with Gasteiger partial charge < -0.3 is 9.73 Å². The lowest BCUT2D eigenvalue weighted by atomic mass is 10.3. The third-order valence-electron chi connectivity index (χ3n) is 3.07. The molecule has 0 aliphatic carbocycles. The molecular formula is C14H13N3O3S. The van der Waals surface area contributed by atoms with Gasteiger partial charge in [-0.25, -0.2) is 4.98 Å². The fraction of sp³-hybridized carbons (Fsp3) is 0.214. The monoisotopic (exact) mass is 303 g/mol. The number of carbonyl (C=O) groups excluding carboxylic acids is 1. The van der Waals surface area contributed by atoms with E-state index < -0.39 is 0 Å². The molecule has 0 atom stereocenters. The van der Waals surface area contributed by atoms with Crippen molar-refractivity contribution >= 4 is 27.5 Å². The Morgan fingerprint density at radius 2 is 2.33 bits per heavy atom. The Balaban J connectivity index is 1.59. The van der Waals surface area contributed by atoms with Gasteiger partial charge in [-0.1, -0.05) is 0 Å². The van der Waals surface area contributed by atoms with E-state index in [1.54, 1.807) is 24.5 Å². The van der Waals surface area contributed by atoms with Gasteiger partial charge in [0.1, 0.15) is 10.6 Å². The number of hydrogen-bond donors (Lipinski definition) is 1. The molecule has 21 heavy (non-hydrogen) atoms. The van der Waals surface area contributed by atoms with Crippen LogP contribution in [0.1, 0.15) is 12.2 Å². The molecule has 6 nitrogen and oxygen atoms in total. The molecule has 3 aromatic heterocycles. The summed E-state index contributed by atoms with van der Waals surface area (Å²) in [5, 5.41) is 5.17. The van der Waals surface area contributed by atoms with Gasteiger partial charge in [0.25, 0.3) is 5.56 Å². The van der Waals surface area contributed by atoms with Crippen molar-refractivity contribution in [3.63, 3.8) is 0 Å². The number of fused-ring (bicyclic) bond motifs is 1. The third kappa shape index (κ3) is 3.03. The van der Waals surface area contributed by atoms with E-state index in [0.29, 0.717) is 24.2 Å². The van der Waals surface area contributed by atoms with Gasteiger partial charge in [0.2, 0.25) is 5.91 Å². The molecule has 7 heteroatoms. The second kappa shape index (κ2) is 5.92. The minimum absolute atomic E-state index is 0.111. The third-order valence-corrected chi connectivity index (χ3v) is 3.89. The van der Waals surface area contributed by atoms with Crippen LogP contribution in [0, 0.1) is 0 Å². The highest BCUT2D eigenvalue weighted by Crippen LogP contribution is 2.13. The number of aromatic nitrogens is 2. The summed E-state index contributed by atoms with van der Waals surface area (Å²) in [6, 6.07) is 5.31. The second-order valence-electron chi connectivity index (χ2n) is 4.49. The molecular weight excluding hydrogens is 290 g/mol. The van der Waals surface area contributed by atoms with Gasteiger partial charge in [0.05, 0.1) is 24.5 Å². The van der Waals surface area contributed by atoms with Gasteiger partial charge in [-0.15, -0.1) is 11.3 Å². The minimum Gasteiger partial charge on any atom is -0.467 e. The Morgan fingerprint density at radius 3 is 3.14 bits per heavy atom. The van der Waals surface area contributed by atoms with E-state index in [9.17, 15) is 9.59 Å². The van der Waals surface area contributed by atoms with E-state index in [4.69, 9.17) is 4.42 Å². The Morgan fingerprint density at radius 1 is 1.43 bits per heavy atom. The second-order valence-corrected chi connectivity index (χ2v) is 5.38. The molecule has 0 fully saturated rings. The first kappa shape index (κ1) is 13.6. The average Bonchev–Trinajstić information content (AvgIpc) is 3.15. The fourth-order valence-electron chi connectivity index (χ4n) is 1.96. The van der Waals surface area contributed by atoms with Crippen LogP contribution < -0.4 is 10.9 Å². The first-order valence-corrected chi connectivity index (χ1v) is 7.34. The van der Waals surface area contributed by atoms with Gasteiger partial charge in [-0.05, 0) is 23.6 Å². The number of aryl methyl sites for hydroxylation is 1. The van der Waals surface area contributed by atoms with Crippen molar-refractivity contribution in [1.29, 1.82) is 0 Å². The van der Waals surface area contributed by atoms with E-state index in [1.165, 1.54) is 22.2 Å². The quantitative estimate of drug-likeness (QED) is 0.779. The van der Waals surface area contributed by atoms with Crippen LogP contribution in [-0.2, 0) is 17.9 Å². The highest BCUT2D eigenvalue weighted by Gasteiger charge is 2.07. The SMILES string of the molecule is O=C(CCn1cnc2sccc2c1=O)NCc1ccco1. The van der Waals surface area contributed by atoms with Crippen molar-refractivity contribution in [2.75, 3.05) is 0 Å². The molecule has 0 bridgehead atoms. The number of rotatable bonds is 5. The molecule has 108 valence electrons. The van der Waals surface area contributed by atoms with Gasteiger partial charge in [-0.3, -0.25) is 14.2 Å². The van der Waals surface area contributed by atoms with Crippen LogP contribution in [0.2, 0.25) is 0 Å². The van der Waals surface area contributed by atoms with Crippen LogP contribution in [0.5, 0.6) is 0 Å². The highest BCUT2D eigenvalue weighted by molar-refractivity contribution is 7.16. The predicted molar refractivity (Wildman–Crippen MR) is 79.1 cm³/mol. The Hall–Kier alpha value is -2.41. The molecule has 3 aromatic rings. The zero-order chi connectivity index (χ0) is 14.7. The minimum atomic E-state index is -0.135. The maximum atomic E-state index is 12.1. The first-order chi connectivity index (χ1) is 10.2. The van der Waals surface area contributed by atoms with E-state index in [-0.39, 0.29) is 17.9 Å². The number of thiophene rings is 1. The number of carbonyl (C=O) groups is 1. The van der Waals surface area contributed by atoms with Crippen molar-refractivity contribution in [2.24, 2.45) is 0 Å². The van der Waals surface area contributed by atoms with E-state index in [0.717, 1.165) is 4.83 Å². The molecule has 0 spiro atoms. The van der Waals surface area contributed by atoms with Crippen LogP contribution in [-0.4, -0.2) is 15.5 Å². The standard InChI is InChI=1S/C14H13N3O3S/c18-12(15-8-10-2-1-6-20-10)3-5-17-9-16-13-11(14(17)19)4-7-21-13/h1-2,4,6-7,9H,3,5,8H2,(H,15,18). The van der Waals surface area contributed by atoms with Gasteiger partial charge >= 0.3 is 0 Å². The lowest BCUT2D eigenvalue weighted by Gasteiger charge is -2.06. The van der Waals surface area contributed by atoms with Crippen molar-refractivity contribution < 1.29 is 9.21 Å². The molecule has 0 saturated heterocycles. The number of amides is 1. The summed E-state index contributed by atoms with van der Waals surface area (Å²) in [4.78, 5) is 28.8. The topological polar surface area (TPSA) is 77.1 Å². The Kier molecular flexibility index (Phi) is 3.83. The molecule has 0 aliphatic rings. The van der Waals surface area contributed by atoms with Gasteiger partial charge in [0, 0.05) is 13.0 Å². The number of nitrogens with zero attached hydrogens (tertiary/aromatic N) is 2. The first-order valence-electron chi connectivity index (χ1n) is 6.46.